The molecular weight excluding hydrogens is 650 g/mol. The van der Waals surface area contributed by atoms with E-state index >= 15 is 0 Å². The minimum Gasteiger partial charge on any atom is -0.480 e. The molecule has 0 unspecified atom stereocenters. The van der Waals surface area contributed by atoms with Crippen LogP contribution in [0.15, 0.2) is 0 Å². The molecule has 0 bridgehead atoms. The van der Waals surface area contributed by atoms with Gasteiger partial charge in [-0.05, 0) is 62.7 Å². The molecule has 1 fully saturated rings. The van der Waals surface area contributed by atoms with E-state index < -0.39 is 90.3 Å². The molecule has 6 amide bonds. The summed E-state index contributed by atoms with van der Waals surface area (Å²) in [7, 11) is 0. The van der Waals surface area contributed by atoms with Crippen LogP contribution in [0.3, 0.4) is 0 Å². The number of hydrogen-bond acceptors (Lipinski definition) is 9. The SMILES string of the molecule is CC(C)C[C@H](NC(=O)[C@@H]1CCCN1C(=O)[C@H](CC(C)C)NC(=O)[C@H](CO)NC(=O)[C@H](CC(C)C)NC(=O)[C@@H](NC(=O)[C@H](C)N)C(C)C)C(=O)O. The molecule has 0 aromatic heterocycles. The number of carbonyl (C=O) groups excluding carboxylic acids is 6. The number of amides is 6. The van der Waals surface area contributed by atoms with Gasteiger partial charge in [-0.3, -0.25) is 28.8 Å². The molecule has 50 heavy (non-hydrogen) atoms. The van der Waals surface area contributed by atoms with Crippen molar-refractivity contribution in [2.45, 2.75) is 137 Å². The first-order valence-electron chi connectivity index (χ1n) is 17.6. The fourth-order valence-electron chi connectivity index (χ4n) is 5.68. The van der Waals surface area contributed by atoms with E-state index in [-0.39, 0.29) is 49.5 Å². The highest BCUT2D eigenvalue weighted by Crippen LogP contribution is 2.21. The number of nitrogens with two attached hydrogens (primary N) is 1. The van der Waals surface area contributed by atoms with Gasteiger partial charge in [0.2, 0.25) is 35.4 Å². The molecule has 1 heterocycles. The number of carboxylic acid groups (broad SMARTS) is 1. The summed E-state index contributed by atoms with van der Waals surface area (Å²) >= 11 is 0. The summed E-state index contributed by atoms with van der Waals surface area (Å²) in [6.45, 7) is 15.4. The Bertz CT molecular complexity index is 1190. The van der Waals surface area contributed by atoms with Crippen molar-refractivity contribution in [1.29, 1.82) is 0 Å². The van der Waals surface area contributed by atoms with Crippen molar-refractivity contribution >= 4 is 41.4 Å². The first kappa shape index (κ1) is 44.2. The van der Waals surface area contributed by atoms with E-state index in [0.29, 0.717) is 12.8 Å². The van der Waals surface area contributed by atoms with E-state index in [9.17, 15) is 43.8 Å². The lowest BCUT2D eigenvalue weighted by atomic mass is 9.99. The van der Waals surface area contributed by atoms with Crippen molar-refractivity contribution in [3.63, 3.8) is 0 Å². The molecule has 16 nitrogen and oxygen atoms in total. The zero-order chi connectivity index (χ0) is 38.5. The molecule has 286 valence electrons. The van der Waals surface area contributed by atoms with Crippen LogP contribution >= 0.6 is 0 Å². The van der Waals surface area contributed by atoms with Crippen molar-refractivity contribution in [3.05, 3.63) is 0 Å². The van der Waals surface area contributed by atoms with Crippen LogP contribution in [0.5, 0.6) is 0 Å². The van der Waals surface area contributed by atoms with E-state index in [4.69, 9.17) is 5.73 Å². The third kappa shape index (κ3) is 14.2. The average Bonchev–Trinajstić information content (AvgIpc) is 3.50. The Hall–Kier alpha value is -3.79. The number of aliphatic hydroxyl groups excluding tert-OH is 1. The molecule has 0 saturated carbocycles. The normalized spacial score (nSPS) is 18.2. The van der Waals surface area contributed by atoms with Gasteiger partial charge >= 0.3 is 5.97 Å². The highest BCUT2D eigenvalue weighted by atomic mass is 16.4. The van der Waals surface area contributed by atoms with Crippen molar-refractivity contribution in [2.75, 3.05) is 13.2 Å². The second-order valence-corrected chi connectivity index (χ2v) is 14.9. The summed E-state index contributed by atoms with van der Waals surface area (Å²) in [5.41, 5.74) is 5.64. The van der Waals surface area contributed by atoms with E-state index in [1.165, 1.54) is 11.8 Å². The summed E-state index contributed by atoms with van der Waals surface area (Å²) in [6, 6.07) is -7.61. The van der Waals surface area contributed by atoms with Gasteiger partial charge in [-0.15, -0.1) is 0 Å². The van der Waals surface area contributed by atoms with Crippen molar-refractivity contribution in [1.82, 2.24) is 31.5 Å². The molecule has 1 aliphatic rings. The monoisotopic (exact) mass is 711 g/mol. The predicted octanol–water partition coefficient (Wildman–Crippen LogP) is -0.380. The quantitative estimate of drug-likeness (QED) is 0.0813. The summed E-state index contributed by atoms with van der Waals surface area (Å²) in [4.78, 5) is 92.5. The summed E-state index contributed by atoms with van der Waals surface area (Å²) in [5, 5.41) is 32.6. The number of hydrogen-bond donors (Lipinski definition) is 8. The molecule has 9 N–H and O–H groups in total. The van der Waals surface area contributed by atoms with E-state index in [1.54, 1.807) is 13.8 Å². The maximum Gasteiger partial charge on any atom is 0.326 e. The standard InChI is InChI=1S/C34H61N7O9/c1-17(2)13-22(36-32(47)27(20(7)8)40-28(43)21(9)35)29(44)39-25(16-42)30(45)37-23(14-18(3)4)33(48)41-12-10-11-26(41)31(46)38-24(34(49)50)15-19(5)6/h17-27,42H,10-16,35H2,1-9H3,(H,36,47)(H,37,45)(H,38,46)(H,39,44)(H,40,43)(H,49,50)/t21-,22-,23-,24-,25-,26-,27-/m0/s1. The number of carboxylic acids is 1. The molecule has 0 aliphatic carbocycles. The van der Waals surface area contributed by atoms with E-state index in [2.05, 4.69) is 26.6 Å². The minimum absolute atomic E-state index is 0.00474. The number of nitrogens with zero attached hydrogens (tertiary/aromatic N) is 1. The van der Waals surface area contributed by atoms with Gasteiger partial charge in [0.1, 0.15) is 36.3 Å². The minimum atomic E-state index is -1.49. The first-order chi connectivity index (χ1) is 23.2. The van der Waals surface area contributed by atoms with E-state index in [0.717, 1.165) is 0 Å². The van der Waals surface area contributed by atoms with Gasteiger partial charge in [-0.2, -0.15) is 0 Å². The van der Waals surface area contributed by atoms with Crippen LogP contribution in [0.4, 0.5) is 0 Å². The van der Waals surface area contributed by atoms with Crippen LogP contribution < -0.4 is 32.3 Å². The Morgan fingerprint density at radius 3 is 1.62 bits per heavy atom. The van der Waals surface area contributed by atoms with Gasteiger partial charge in [-0.25, -0.2) is 4.79 Å². The first-order valence-corrected chi connectivity index (χ1v) is 17.6. The van der Waals surface area contributed by atoms with Gasteiger partial charge < -0.3 is 47.4 Å². The number of likely N-dealkylation sites (tertiary alicyclic amines) is 1. The van der Waals surface area contributed by atoms with E-state index in [1.807, 2.05) is 41.5 Å². The largest absolute Gasteiger partial charge is 0.480 e. The smallest absolute Gasteiger partial charge is 0.326 e. The van der Waals surface area contributed by atoms with Gasteiger partial charge in [-0.1, -0.05) is 55.4 Å². The third-order valence-electron chi connectivity index (χ3n) is 8.30. The Balaban J connectivity index is 3.15. The zero-order valence-corrected chi connectivity index (χ0v) is 31.1. The lowest BCUT2D eigenvalue weighted by Gasteiger charge is -2.31. The molecule has 0 spiro atoms. The number of aliphatic carboxylic acids is 1. The number of rotatable bonds is 20. The molecule has 16 heteroatoms. The molecule has 0 aromatic carbocycles. The topological polar surface area (TPSA) is 249 Å². The maximum absolute atomic E-state index is 13.8. The molecule has 1 saturated heterocycles. The van der Waals surface area contributed by atoms with Gasteiger partial charge in [0.25, 0.3) is 0 Å². The molecule has 0 radical (unpaired) electrons. The van der Waals surface area contributed by atoms with Crippen molar-refractivity contribution in [3.8, 4) is 0 Å². The van der Waals surface area contributed by atoms with Crippen LogP contribution in [0.2, 0.25) is 0 Å². The van der Waals surface area contributed by atoms with Crippen molar-refractivity contribution in [2.24, 2.45) is 29.4 Å². The number of carbonyl (C=O) groups is 7. The van der Waals surface area contributed by atoms with Crippen LogP contribution in [-0.2, 0) is 33.6 Å². The number of aliphatic hydroxyl groups is 1. The third-order valence-corrected chi connectivity index (χ3v) is 8.30. The van der Waals surface area contributed by atoms with Crippen LogP contribution in [0.1, 0.15) is 94.4 Å². The van der Waals surface area contributed by atoms with Gasteiger partial charge in [0, 0.05) is 6.54 Å². The predicted molar refractivity (Wildman–Crippen MR) is 186 cm³/mol. The fourth-order valence-corrected chi connectivity index (χ4v) is 5.68. The lowest BCUT2D eigenvalue weighted by molar-refractivity contribution is -0.145. The van der Waals surface area contributed by atoms with Crippen LogP contribution in [0.25, 0.3) is 0 Å². The highest BCUT2D eigenvalue weighted by molar-refractivity contribution is 5.97. The van der Waals surface area contributed by atoms with Crippen molar-refractivity contribution < 1.29 is 43.8 Å². The van der Waals surface area contributed by atoms with Crippen LogP contribution in [-0.4, -0.2) is 112 Å². The summed E-state index contributed by atoms with van der Waals surface area (Å²) in [5.74, 6) is -5.54. The second kappa shape index (κ2) is 20.8. The molecule has 1 aliphatic heterocycles. The fraction of sp³-hybridized carbons (Fsp3) is 0.794. The highest BCUT2D eigenvalue weighted by Gasteiger charge is 2.40. The Morgan fingerprint density at radius 1 is 0.660 bits per heavy atom. The molecule has 1 rings (SSSR count). The maximum atomic E-state index is 13.8. The Labute approximate surface area is 295 Å². The Morgan fingerprint density at radius 2 is 1.14 bits per heavy atom. The van der Waals surface area contributed by atoms with Gasteiger partial charge in [0.15, 0.2) is 0 Å². The summed E-state index contributed by atoms with van der Waals surface area (Å²) < 4.78 is 0. The number of nitrogens with one attached hydrogen (secondary N) is 5. The van der Waals surface area contributed by atoms with Crippen LogP contribution in [0, 0.1) is 23.7 Å². The zero-order valence-electron chi connectivity index (χ0n) is 31.1. The average molecular weight is 712 g/mol. The lowest BCUT2D eigenvalue weighted by Crippen LogP contribution is -2.61. The molecular formula is C34H61N7O9. The Kier molecular flexibility index (Phi) is 18.4. The summed E-state index contributed by atoms with van der Waals surface area (Å²) in [6.07, 6.45) is 1.39. The van der Waals surface area contributed by atoms with Gasteiger partial charge in [0.05, 0.1) is 12.6 Å². The second-order valence-electron chi connectivity index (χ2n) is 14.9. The molecule has 7 atom stereocenters. The molecule has 0 aromatic rings.